The van der Waals surface area contributed by atoms with Gasteiger partial charge in [-0.1, -0.05) is 36.4 Å². The Bertz CT molecular complexity index is 784. The molecule has 3 nitrogen and oxygen atoms in total. The van der Waals surface area contributed by atoms with Crippen molar-refractivity contribution in [3.63, 3.8) is 0 Å². The van der Waals surface area contributed by atoms with Gasteiger partial charge in [0.1, 0.15) is 6.10 Å². The van der Waals surface area contributed by atoms with Crippen LogP contribution in [0.15, 0.2) is 60.9 Å². The smallest absolute Gasteiger partial charge is 0.109 e. The minimum absolute atomic E-state index is 0.655. The van der Waals surface area contributed by atoms with Crippen LogP contribution in [0.1, 0.15) is 17.2 Å². The minimum atomic E-state index is -0.655. The maximum atomic E-state index is 10.6. The maximum Gasteiger partial charge on any atom is 0.109 e. The lowest BCUT2D eigenvalue weighted by atomic mass is 9.98. The number of pyridine rings is 2. The van der Waals surface area contributed by atoms with Crippen molar-refractivity contribution in [2.45, 2.75) is 6.10 Å². The van der Waals surface area contributed by atoms with Crippen LogP contribution in [0.5, 0.6) is 0 Å². The lowest BCUT2D eigenvalue weighted by Crippen LogP contribution is -1.97. The van der Waals surface area contributed by atoms with Gasteiger partial charge in [-0.25, -0.2) is 0 Å². The van der Waals surface area contributed by atoms with Gasteiger partial charge in [-0.05, 0) is 23.3 Å². The molecule has 0 radical (unpaired) electrons. The van der Waals surface area contributed by atoms with E-state index >= 15 is 0 Å². The number of fused-ring (bicyclic) bond motifs is 3. The summed E-state index contributed by atoms with van der Waals surface area (Å²) < 4.78 is 0. The Morgan fingerprint density at radius 3 is 2.45 bits per heavy atom. The first kappa shape index (κ1) is 11.3. The molecule has 0 bridgehead atoms. The minimum Gasteiger partial charge on any atom is -0.383 e. The van der Waals surface area contributed by atoms with E-state index < -0.39 is 6.10 Å². The van der Waals surface area contributed by atoms with Gasteiger partial charge in [0.15, 0.2) is 0 Å². The first-order valence-corrected chi connectivity index (χ1v) is 6.54. The summed E-state index contributed by atoms with van der Waals surface area (Å²) in [4.78, 5) is 8.78. The molecule has 0 saturated carbocycles. The molecule has 0 saturated heterocycles. The number of benzene rings is 1. The second-order valence-electron chi connectivity index (χ2n) is 4.83. The van der Waals surface area contributed by atoms with Crippen molar-refractivity contribution in [1.29, 1.82) is 0 Å². The van der Waals surface area contributed by atoms with E-state index in [2.05, 4.69) is 9.97 Å². The Morgan fingerprint density at radius 2 is 1.60 bits per heavy atom. The molecule has 4 rings (SSSR count). The van der Waals surface area contributed by atoms with Gasteiger partial charge >= 0.3 is 0 Å². The van der Waals surface area contributed by atoms with Gasteiger partial charge in [0.2, 0.25) is 0 Å². The number of nitrogens with zero attached hydrogens (tertiary/aromatic N) is 2. The summed E-state index contributed by atoms with van der Waals surface area (Å²) in [5.41, 5.74) is 5.35. The van der Waals surface area contributed by atoms with Gasteiger partial charge in [-0.15, -0.1) is 0 Å². The predicted molar refractivity (Wildman–Crippen MR) is 77.0 cm³/mol. The molecule has 1 aliphatic rings. The average Bonchev–Trinajstić information content (AvgIpc) is 2.82. The van der Waals surface area contributed by atoms with E-state index in [9.17, 15) is 5.11 Å². The van der Waals surface area contributed by atoms with Crippen LogP contribution in [0.25, 0.3) is 22.5 Å². The van der Waals surface area contributed by atoms with Crippen molar-refractivity contribution in [2.24, 2.45) is 0 Å². The Balaban J connectivity index is 2.00. The highest BCUT2D eigenvalue weighted by Crippen LogP contribution is 2.44. The fourth-order valence-corrected chi connectivity index (χ4v) is 2.80. The fourth-order valence-electron chi connectivity index (χ4n) is 2.80. The molecule has 1 atom stereocenters. The lowest BCUT2D eigenvalue weighted by Gasteiger charge is -2.11. The van der Waals surface area contributed by atoms with Crippen LogP contribution in [0, 0.1) is 0 Å². The number of hydrogen-bond donors (Lipinski definition) is 1. The summed E-state index contributed by atoms with van der Waals surface area (Å²) in [6.07, 6.45) is 2.85. The summed E-state index contributed by atoms with van der Waals surface area (Å²) in [6, 6.07) is 15.8. The van der Waals surface area contributed by atoms with E-state index in [0.29, 0.717) is 0 Å². The van der Waals surface area contributed by atoms with Crippen LogP contribution >= 0.6 is 0 Å². The second-order valence-corrected chi connectivity index (χ2v) is 4.83. The van der Waals surface area contributed by atoms with Crippen LogP contribution in [0.2, 0.25) is 0 Å². The first-order chi connectivity index (χ1) is 9.86. The van der Waals surface area contributed by atoms with Crippen molar-refractivity contribution in [3.05, 3.63) is 72.1 Å². The summed E-state index contributed by atoms with van der Waals surface area (Å²) >= 11 is 0. The van der Waals surface area contributed by atoms with Crippen LogP contribution in [0.3, 0.4) is 0 Å². The Labute approximate surface area is 116 Å². The molecule has 2 heterocycles. The summed E-state index contributed by atoms with van der Waals surface area (Å²) in [5, 5.41) is 10.6. The van der Waals surface area contributed by atoms with Gasteiger partial charge in [-0.2, -0.15) is 0 Å². The van der Waals surface area contributed by atoms with Crippen LogP contribution in [-0.2, 0) is 0 Å². The highest BCUT2D eigenvalue weighted by Gasteiger charge is 2.31. The highest BCUT2D eigenvalue weighted by atomic mass is 16.3. The highest BCUT2D eigenvalue weighted by molar-refractivity contribution is 5.81. The third-order valence-electron chi connectivity index (χ3n) is 3.71. The van der Waals surface area contributed by atoms with Crippen LogP contribution < -0.4 is 0 Å². The molecular formula is C17H12N2O. The molecular weight excluding hydrogens is 248 g/mol. The van der Waals surface area contributed by atoms with E-state index in [1.165, 1.54) is 0 Å². The summed E-state index contributed by atoms with van der Waals surface area (Å²) in [7, 11) is 0. The molecule has 0 amide bonds. The Hall–Kier alpha value is -2.52. The summed E-state index contributed by atoms with van der Waals surface area (Å²) in [6.45, 7) is 0. The van der Waals surface area contributed by atoms with E-state index in [4.69, 9.17) is 0 Å². The van der Waals surface area contributed by atoms with Gasteiger partial charge in [0.05, 0.1) is 11.4 Å². The van der Waals surface area contributed by atoms with Gasteiger partial charge in [-0.3, -0.25) is 9.97 Å². The monoisotopic (exact) mass is 260 g/mol. The zero-order valence-electron chi connectivity index (χ0n) is 10.7. The zero-order valence-corrected chi connectivity index (χ0v) is 10.7. The molecule has 3 aromatic rings. The Morgan fingerprint density at radius 1 is 0.800 bits per heavy atom. The van der Waals surface area contributed by atoms with Gasteiger partial charge in [0, 0.05) is 23.5 Å². The summed E-state index contributed by atoms with van der Waals surface area (Å²) in [5.74, 6) is 0. The standard InChI is InChI=1S/C17H12N2O/c20-17-13-7-4-9-18-15(13)16-14(17)12(8-10-19-16)11-5-2-1-3-6-11/h1-10,17,20H. The average molecular weight is 260 g/mol. The normalized spacial score (nSPS) is 15.8. The van der Waals surface area contributed by atoms with Crippen molar-refractivity contribution >= 4 is 0 Å². The maximum absolute atomic E-state index is 10.6. The number of rotatable bonds is 1. The van der Waals surface area contributed by atoms with E-state index in [1.807, 2.05) is 48.5 Å². The molecule has 0 spiro atoms. The van der Waals surface area contributed by atoms with Crippen LogP contribution in [0.4, 0.5) is 0 Å². The predicted octanol–water partition coefficient (Wildman–Crippen LogP) is 3.21. The molecule has 96 valence electrons. The number of aromatic nitrogens is 2. The molecule has 1 unspecified atom stereocenters. The van der Waals surface area contributed by atoms with Gasteiger partial charge in [0.25, 0.3) is 0 Å². The molecule has 20 heavy (non-hydrogen) atoms. The zero-order chi connectivity index (χ0) is 13.5. The van der Waals surface area contributed by atoms with Gasteiger partial charge < -0.3 is 5.11 Å². The van der Waals surface area contributed by atoms with E-state index in [1.54, 1.807) is 12.4 Å². The van der Waals surface area contributed by atoms with Crippen molar-refractivity contribution in [3.8, 4) is 22.5 Å². The number of aliphatic hydroxyl groups excluding tert-OH is 1. The van der Waals surface area contributed by atoms with Crippen molar-refractivity contribution in [2.75, 3.05) is 0 Å². The third-order valence-corrected chi connectivity index (χ3v) is 3.71. The molecule has 1 aliphatic carbocycles. The van der Waals surface area contributed by atoms with Crippen LogP contribution in [-0.4, -0.2) is 15.1 Å². The quantitative estimate of drug-likeness (QED) is 0.730. The molecule has 1 aromatic carbocycles. The first-order valence-electron chi connectivity index (χ1n) is 6.54. The molecule has 1 N–H and O–H groups in total. The van der Waals surface area contributed by atoms with E-state index in [-0.39, 0.29) is 0 Å². The molecule has 0 fully saturated rings. The topological polar surface area (TPSA) is 46.0 Å². The third kappa shape index (κ3) is 1.50. The van der Waals surface area contributed by atoms with Crippen molar-refractivity contribution in [1.82, 2.24) is 9.97 Å². The number of hydrogen-bond acceptors (Lipinski definition) is 3. The lowest BCUT2D eigenvalue weighted by molar-refractivity contribution is 0.225. The van der Waals surface area contributed by atoms with E-state index in [0.717, 1.165) is 33.6 Å². The molecule has 0 aliphatic heterocycles. The SMILES string of the molecule is OC1c2cccnc2-c2nccc(-c3ccccc3)c21. The Kier molecular flexibility index (Phi) is 2.41. The van der Waals surface area contributed by atoms with Crippen molar-refractivity contribution < 1.29 is 5.11 Å². The molecule has 2 aromatic heterocycles. The second kappa shape index (κ2) is 4.25. The largest absolute Gasteiger partial charge is 0.383 e. The fraction of sp³-hybridized carbons (Fsp3) is 0.0588. The molecule has 3 heteroatoms. The number of aliphatic hydroxyl groups is 1.